The van der Waals surface area contributed by atoms with Crippen molar-refractivity contribution in [2.75, 3.05) is 6.26 Å². The summed E-state index contributed by atoms with van der Waals surface area (Å²) in [7, 11) is -3.27. The van der Waals surface area contributed by atoms with Crippen molar-refractivity contribution >= 4 is 15.9 Å². The van der Waals surface area contributed by atoms with E-state index in [2.05, 4.69) is 10.3 Å². The number of carbonyl (C=O) groups excluding carboxylic acids is 1. The molecule has 1 amide bonds. The van der Waals surface area contributed by atoms with Gasteiger partial charge in [0.15, 0.2) is 9.84 Å². The monoisotopic (exact) mass is 326 g/mol. The Hall–Kier alpha value is -1.89. The zero-order valence-corrected chi connectivity index (χ0v) is 14.1. The summed E-state index contributed by atoms with van der Waals surface area (Å²) in [5, 5.41) is 3.74. The minimum absolute atomic E-state index is 0.438. The molecule has 1 aromatic heterocycles. The van der Waals surface area contributed by atoms with Gasteiger partial charge in [-0.3, -0.25) is 4.98 Å². The summed E-state index contributed by atoms with van der Waals surface area (Å²) in [5.41, 5.74) is 0.306. The van der Waals surface area contributed by atoms with Crippen LogP contribution in [0.25, 0.3) is 0 Å². The second kappa shape index (κ2) is 7.40. The number of nitrogens with zero attached hydrogens (tertiary/aromatic N) is 1. The first kappa shape index (κ1) is 18.2. The maximum Gasteiger partial charge on any atom is 0.408 e. The third kappa shape index (κ3) is 8.41. The average molecular weight is 326 g/mol. The van der Waals surface area contributed by atoms with Crippen LogP contribution < -0.4 is 5.32 Å². The number of hydrogen-bond acceptors (Lipinski definition) is 5. The van der Waals surface area contributed by atoms with E-state index in [1.54, 1.807) is 45.3 Å². The van der Waals surface area contributed by atoms with Gasteiger partial charge in [0, 0.05) is 24.1 Å². The van der Waals surface area contributed by atoms with E-state index in [9.17, 15) is 13.2 Å². The van der Waals surface area contributed by atoms with Gasteiger partial charge in [-0.2, -0.15) is 0 Å². The smallest absolute Gasteiger partial charge is 0.408 e. The van der Waals surface area contributed by atoms with Gasteiger partial charge in [-0.25, -0.2) is 13.2 Å². The second-order valence-electron chi connectivity index (χ2n) is 5.97. The highest BCUT2D eigenvalue weighted by molar-refractivity contribution is 7.93. The van der Waals surface area contributed by atoms with Crippen LogP contribution in [0.3, 0.4) is 0 Å². The van der Waals surface area contributed by atoms with Crippen molar-refractivity contribution in [2.45, 2.75) is 38.8 Å². The number of sulfone groups is 1. The first-order valence-electron chi connectivity index (χ1n) is 6.82. The van der Waals surface area contributed by atoms with Gasteiger partial charge in [0.2, 0.25) is 0 Å². The third-order valence-electron chi connectivity index (χ3n) is 2.47. The predicted octanol–water partition coefficient (Wildman–Crippen LogP) is 2.08. The Balaban J connectivity index is 2.82. The lowest BCUT2D eigenvalue weighted by molar-refractivity contribution is 0.0514. The number of carbonyl (C=O) groups is 1. The molecular weight excluding hydrogens is 304 g/mol. The lowest BCUT2D eigenvalue weighted by atomic mass is 10.1. The van der Waals surface area contributed by atoms with Gasteiger partial charge < -0.3 is 10.1 Å². The van der Waals surface area contributed by atoms with Gasteiger partial charge in [0.25, 0.3) is 0 Å². The fraction of sp³-hybridized carbons (Fsp3) is 0.467. The maximum absolute atomic E-state index is 11.9. The molecule has 0 fully saturated rings. The normalized spacial score (nSPS) is 13.8. The highest BCUT2D eigenvalue weighted by Gasteiger charge is 2.18. The zero-order chi connectivity index (χ0) is 16.8. The van der Waals surface area contributed by atoms with E-state index in [1.807, 2.05) is 0 Å². The summed E-state index contributed by atoms with van der Waals surface area (Å²) >= 11 is 0. The number of pyridine rings is 1. The molecule has 22 heavy (non-hydrogen) atoms. The Morgan fingerprint density at radius 3 is 2.45 bits per heavy atom. The first-order valence-corrected chi connectivity index (χ1v) is 8.77. The fourth-order valence-corrected chi connectivity index (χ4v) is 2.11. The van der Waals surface area contributed by atoms with Crippen LogP contribution in [0, 0.1) is 0 Å². The number of aromatic nitrogens is 1. The number of amides is 1. The molecule has 1 heterocycles. The van der Waals surface area contributed by atoms with E-state index in [1.165, 1.54) is 6.08 Å². The molecule has 0 unspecified atom stereocenters. The number of ether oxygens (including phenoxy) is 1. The fourth-order valence-electron chi connectivity index (χ4n) is 1.64. The van der Waals surface area contributed by atoms with Crippen LogP contribution in [0.15, 0.2) is 36.0 Å². The molecule has 0 aliphatic carbocycles. The molecular formula is C15H22N2O4S. The highest BCUT2D eigenvalue weighted by Crippen LogP contribution is 2.09. The van der Waals surface area contributed by atoms with Gasteiger partial charge >= 0.3 is 6.09 Å². The van der Waals surface area contributed by atoms with Crippen LogP contribution >= 0.6 is 0 Å². The van der Waals surface area contributed by atoms with Crippen molar-refractivity contribution in [1.29, 1.82) is 0 Å². The lowest BCUT2D eigenvalue weighted by Crippen LogP contribution is -2.39. The molecule has 122 valence electrons. The van der Waals surface area contributed by atoms with Crippen molar-refractivity contribution in [3.05, 3.63) is 41.6 Å². The van der Waals surface area contributed by atoms with Crippen LogP contribution in [0.1, 0.15) is 26.3 Å². The topological polar surface area (TPSA) is 85.4 Å². The second-order valence-corrected chi connectivity index (χ2v) is 7.90. The van der Waals surface area contributed by atoms with Crippen molar-refractivity contribution < 1.29 is 17.9 Å². The van der Waals surface area contributed by atoms with Gasteiger partial charge in [0.1, 0.15) is 5.60 Å². The number of alkyl carbamates (subject to hydrolysis) is 1. The maximum atomic E-state index is 11.9. The molecule has 0 radical (unpaired) electrons. The lowest BCUT2D eigenvalue weighted by Gasteiger charge is -2.22. The van der Waals surface area contributed by atoms with Crippen molar-refractivity contribution in [1.82, 2.24) is 10.3 Å². The van der Waals surface area contributed by atoms with Crippen LogP contribution in [-0.4, -0.2) is 37.4 Å². The molecule has 0 aliphatic heterocycles. The van der Waals surface area contributed by atoms with Crippen molar-refractivity contribution in [3.8, 4) is 0 Å². The molecule has 1 rings (SSSR count). The van der Waals surface area contributed by atoms with E-state index in [4.69, 9.17) is 4.74 Å². The summed E-state index contributed by atoms with van der Waals surface area (Å²) in [6.45, 7) is 5.28. The van der Waals surface area contributed by atoms with E-state index < -0.39 is 27.6 Å². The van der Waals surface area contributed by atoms with E-state index >= 15 is 0 Å². The van der Waals surface area contributed by atoms with Crippen LogP contribution in [-0.2, 0) is 21.0 Å². The standard InChI is InChI=1S/C15H22N2O4S/c1-15(2,3)21-14(18)17-13(7-10-22(4,19)20)11-12-5-8-16-9-6-12/h5-10,13H,11H2,1-4H3,(H,17,18)/b10-7+/t13-/m1/s1. The minimum atomic E-state index is -3.27. The molecule has 1 aromatic rings. The molecule has 1 N–H and O–H groups in total. The van der Waals surface area contributed by atoms with Crippen molar-refractivity contribution in [3.63, 3.8) is 0 Å². The first-order chi connectivity index (χ1) is 10.1. The Morgan fingerprint density at radius 1 is 1.36 bits per heavy atom. The van der Waals surface area contributed by atoms with Crippen LogP contribution in [0.4, 0.5) is 4.79 Å². The predicted molar refractivity (Wildman–Crippen MR) is 85.1 cm³/mol. The molecule has 0 bridgehead atoms. The van der Waals surface area contributed by atoms with Crippen LogP contribution in [0.5, 0.6) is 0 Å². The Morgan fingerprint density at radius 2 is 1.95 bits per heavy atom. The van der Waals surface area contributed by atoms with Gasteiger partial charge in [-0.05, 0) is 44.9 Å². The Kier molecular flexibility index (Phi) is 6.11. The van der Waals surface area contributed by atoms with Gasteiger partial charge in [0.05, 0.1) is 6.04 Å². The Bertz CT molecular complexity index is 619. The minimum Gasteiger partial charge on any atom is -0.444 e. The SMILES string of the molecule is CC(C)(C)OC(=O)N[C@H](/C=C/S(C)(=O)=O)Cc1ccncc1. The molecule has 0 aliphatic rings. The molecule has 0 saturated heterocycles. The molecule has 0 saturated carbocycles. The largest absolute Gasteiger partial charge is 0.444 e. The van der Waals surface area contributed by atoms with Crippen LogP contribution in [0.2, 0.25) is 0 Å². The number of rotatable bonds is 5. The van der Waals surface area contributed by atoms with Gasteiger partial charge in [-0.1, -0.05) is 6.08 Å². The van der Waals surface area contributed by atoms with Crippen molar-refractivity contribution in [2.24, 2.45) is 0 Å². The molecule has 6 nitrogen and oxygen atoms in total. The van der Waals surface area contributed by atoms with E-state index in [-0.39, 0.29) is 0 Å². The molecule has 1 atom stereocenters. The third-order valence-corrected chi connectivity index (χ3v) is 3.12. The number of nitrogens with one attached hydrogen (secondary N) is 1. The van der Waals surface area contributed by atoms with E-state index in [0.717, 1.165) is 17.2 Å². The molecule has 0 aromatic carbocycles. The number of hydrogen-bond donors (Lipinski definition) is 1. The Labute approximate surface area is 131 Å². The van der Waals surface area contributed by atoms with Gasteiger partial charge in [-0.15, -0.1) is 0 Å². The summed E-state index contributed by atoms with van der Waals surface area (Å²) in [6, 6.07) is 3.11. The molecule has 0 spiro atoms. The molecule has 7 heteroatoms. The quantitative estimate of drug-likeness (QED) is 0.895. The summed E-state index contributed by atoms with van der Waals surface area (Å²) < 4.78 is 27.7. The summed E-state index contributed by atoms with van der Waals surface area (Å²) in [4.78, 5) is 15.8. The summed E-state index contributed by atoms with van der Waals surface area (Å²) in [6.07, 6.45) is 5.67. The zero-order valence-electron chi connectivity index (χ0n) is 13.2. The highest BCUT2D eigenvalue weighted by atomic mass is 32.2. The average Bonchev–Trinajstić information content (AvgIpc) is 2.34. The summed E-state index contributed by atoms with van der Waals surface area (Å²) in [5.74, 6) is 0. The van der Waals surface area contributed by atoms with E-state index in [0.29, 0.717) is 6.42 Å².